The lowest BCUT2D eigenvalue weighted by molar-refractivity contribution is 0.575. The molecular weight excluding hydrogens is 282 g/mol. The van der Waals surface area contributed by atoms with Gasteiger partial charge in [-0.25, -0.2) is 9.97 Å². The van der Waals surface area contributed by atoms with E-state index in [9.17, 15) is 0 Å². The van der Waals surface area contributed by atoms with Crippen molar-refractivity contribution in [1.82, 2.24) is 9.97 Å². The number of fused-ring (bicyclic) bond motifs is 1. The Bertz CT molecular complexity index is 818. The molecule has 0 saturated carbocycles. The molecule has 0 spiro atoms. The summed E-state index contributed by atoms with van der Waals surface area (Å²) in [6.07, 6.45) is 3.82. The van der Waals surface area contributed by atoms with Crippen LogP contribution in [0.4, 0.5) is 5.82 Å². The molecule has 3 aromatic rings. The molecule has 23 heavy (non-hydrogen) atoms. The van der Waals surface area contributed by atoms with Crippen molar-refractivity contribution in [3.8, 4) is 11.4 Å². The fraction of sp³-hybridized carbons (Fsp3) is 0.300. The first kappa shape index (κ1) is 14.2. The highest BCUT2D eigenvalue weighted by Gasteiger charge is 2.17. The summed E-state index contributed by atoms with van der Waals surface area (Å²) in [6, 6.07) is 16.8. The number of rotatable bonds is 2. The first-order valence-electron chi connectivity index (χ1n) is 8.40. The summed E-state index contributed by atoms with van der Waals surface area (Å²) >= 11 is 0. The SMILES string of the molecule is Cc1ccc(-c2nc(N3CCCCC3)c3ccccc3n2)cc1. The van der Waals surface area contributed by atoms with E-state index in [4.69, 9.17) is 9.97 Å². The molecule has 116 valence electrons. The predicted octanol–water partition coefficient (Wildman–Crippen LogP) is 4.60. The van der Waals surface area contributed by atoms with Crippen molar-refractivity contribution in [3.63, 3.8) is 0 Å². The molecule has 1 aromatic heterocycles. The standard InChI is InChI=1S/C20H21N3/c1-15-9-11-16(12-10-15)19-21-18-8-4-3-7-17(18)20(22-19)23-13-5-2-6-14-23/h3-4,7-12H,2,5-6,13-14H2,1H3. The summed E-state index contributed by atoms with van der Waals surface area (Å²) in [5, 5.41) is 1.16. The predicted molar refractivity (Wildman–Crippen MR) is 95.8 cm³/mol. The van der Waals surface area contributed by atoms with Crippen LogP contribution in [0.5, 0.6) is 0 Å². The molecule has 0 N–H and O–H groups in total. The molecule has 0 aliphatic carbocycles. The third kappa shape index (κ3) is 2.79. The normalized spacial score (nSPS) is 15.1. The van der Waals surface area contributed by atoms with E-state index in [2.05, 4.69) is 54.3 Å². The van der Waals surface area contributed by atoms with E-state index in [-0.39, 0.29) is 0 Å². The molecule has 4 rings (SSSR count). The Labute approximate surface area is 137 Å². The third-order valence-corrected chi connectivity index (χ3v) is 4.55. The van der Waals surface area contributed by atoms with Gasteiger partial charge < -0.3 is 4.90 Å². The van der Waals surface area contributed by atoms with Crippen molar-refractivity contribution in [2.24, 2.45) is 0 Å². The summed E-state index contributed by atoms with van der Waals surface area (Å²) < 4.78 is 0. The Morgan fingerprint density at radius 2 is 1.57 bits per heavy atom. The maximum atomic E-state index is 4.94. The van der Waals surface area contributed by atoms with Gasteiger partial charge in [0.25, 0.3) is 0 Å². The zero-order valence-corrected chi connectivity index (χ0v) is 13.5. The summed E-state index contributed by atoms with van der Waals surface area (Å²) in [7, 11) is 0. The van der Waals surface area contributed by atoms with E-state index < -0.39 is 0 Å². The Morgan fingerprint density at radius 3 is 2.35 bits per heavy atom. The van der Waals surface area contributed by atoms with Crippen molar-refractivity contribution >= 4 is 16.7 Å². The minimum absolute atomic E-state index is 0.823. The van der Waals surface area contributed by atoms with Crippen LogP contribution in [0.25, 0.3) is 22.3 Å². The van der Waals surface area contributed by atoms with Crippen molar-refractivity contribution < 1.29 is 0 Å². The summed E-state index contributed by atoms with van der Waals surface area (Å²) in [5.41, 5.74) is 3.36. The Balaban J connectivity index is 1.87. The van der Waals surface area contributed by atoms with Crippen LogP contribution in [-0.2, 0) is 0 Å². The number of aromatic nitrogens is 2. The zero-order chi connectivity index (χ0) is 15.6. The molecule has 0 amide bonds. The first-order valence-corrected chi connectivity index (χ1v) is 8.40. The molecule has 3 nitrogen and oxygen atoms in total. The van der Waals surface area contributed by atoms with Crippen LogP contribution in [0.1, 0.15) is 24.8 Å². The summed E-state index contributed by atoms with van der Waals surface area (Å²) in [6.45, 7) is 4.28. The molecule has 0 atom stereocenters. The lowest BCUT2D eigenvalue weighted by Crippen LogP contribution is -2.30. The van der Waals surface area contributed by atoms with Crippen molar-refractivity contribution in [1.29, 1.82) is 0 Å². The van der Waals surface area contributed by atoms with E-state index in [0.717, 1.165) is 41.2 Å². The molecule has 1 saturated heterocycles. The minimum atomic E-state index is 0.823. The molecule has 1 fully saturated rings. The van der Waals surface area contributed by atoms with E-state index in [1.807, 2.05) is 6.07 Å². The fourth-order valence-corrected chi connectivity index (χ4v) is 3.24. The van der Waals surface area contributed by atoms with Gasteiger partial charge in [-0.1, -0.05) is 42.0 Å². The van der Waals surface area contributed by atoms with Crippen LogP contribution in [0, 0.1) is 6.92 Å². The lowest BCUT2D eigenvalue weighted by Gasteiger charge is -2.29. The van der Waals surface area contributed by atoms with Crippen LogP contribution < -0.4 is 4.90 Å². The summed E-state index contributed by atoms with van der Waals surface area (Å²) in [4.78, 5) is 12.2. The first-order chi connectivity index (χ1) is 11.3. The number of para-hydroxylation sites is 1. The number of anilines is 1. The van der Waals surface area contributed by atoms with Gasteiger partial charge in [-0.2, -0.15) is 0 Å². The Morgan fingerprint density at radius 1 is 0.826 bits per heavy atom. The van der Waals surface area contributed by atoms with Gasteiger partial charge in [-0.15, -0.1) is 0 Å². The molecule has 2 heterocycles. The number of piperidine rings is 1. The van der Waals surface area contributed by atoms with Gasteiger partial charge in [0.15, 0.2) is 5.82 Å². The molecule has 0 radical (unpaired) electrons. The van der Waals surface area contributed by atoms with Crippen LogP contribution in [0.15, 0.2) is 48.5 Å². The Hall–Kier alpha value is -2.42. The maximum absolute atomic E-state index is 4.94. The monoisotopic (exact) mass is 303 g/mol. The molecular formula is C20H21N3. The number of benzene rings is 2. The van der Waals surface area contributed by atoms with E-state index >= 15 is 0 Å². The second-order valence-corrected chi connectivity index (χ2v) is 6.30. The number of hydrogen-bond donors (Lipinski definition) is 0. The van der Waals surface area contributed by atoms with Crippen LogP contribution >= 0.6 is 0 Å². The molecule has 0 unspecified atom stereocenters. The number of nitrogens with zero attached hydrogens (tertiary/aromatic N) is 3. The number of aryl methyl sites for hydroxylation is 1. The molecule has 1 aliphatic rings. The molecule has 1 aliphatic heterocycles. The highest BCUT2D eigenvalue weighted by Crippen LogP contribution is 2.29. The lowest BCUT2D eigenvalue weighted by atomic mass is 10.1. The highest BCUT2D eigenvalue weighted by molar-refractivity contribution is 5.91. The topological polar surface area (TPSA) is 29.0 Å². The van der Waals surface area contributed by atoms with Crippen molar-refractivity contribution in [3.05, 3.63) is 54.1 Å². The van der Waals surface area contributed by atoms with Crippen molar-refractivity contribution in [2.75, 3.05) is 18.0 Å². The van der Waals surface area contributed by atoms with Gasteiger partial charge in [-0.3, -0.25) is 0 Å². The van der Waals surface area contributed by atoms with E-state index in [1.54, 1.807) is 0 Å². The van der Waals surface area contributed by atoms with Gasteiger partial charge >= 0.3 is 0 Å². The average molecular weight is 303 g/mol. The van der Waals surface area contributed by atoms with Crippen LogP contribution in [0.3, 0.4) is 0 Å². The highest BCUT2D eigenvalue weighted by atomic mass is 15.2. The second kappa shape index (κ2) is 5.99. The van der Waals surface area contributed by atoms with E-state index in [1.165, 1.54) is 24.8 Å². The third-order valence-electron chi connectivity index (χ3n) is 4.55. The average Bonchev–Trinajstić information content (AvgIpc) is 2.62. The van der Waals surface area contributed by atoms with Crippen LogP contribution in [0.2, 0.25) is 0 Å². The summed E-state index contributed by atoms with van der Waals surface area (Å²) in [5.74, 6) is 1.91. The van der Waals surface area contributed by atoms with E-state index in [0.29, 0.717) is 0 Å². The van der Waals surface area contributed by atoms with Crippen LogP contribution in [-0.4, -0.2) is 23.1 Å². The van der Waals surface area contributed by atoms with Gasteiger partial charge in [0.1, 0.15) is 5.82 Å². The minimum Gasteiger partial charge on any atom is -0.356 e. The second-order valence-electron chi connectivity index (χ2n) is 6.30. The fourth-order valence-electron chi connectivity index (χ4n) is 3.24. The molecule has 2 aromatic carbocycles. The molecule has 3 heteroatoms. The van der Waals surface area contributed by atoms with Gasteiger partial charge in [-0.05, 0) is 38.3 Å². The van der Waals surface area contributed by atoms with Gasteiger partial charge in [0, 0.05) is 24.0 Å². The Kier molecular flexibility index (Phi) is 3.70. The zero-order valence-electron chi connectivity index (χ0n) is 13.5. The van der Waals surface area contributed by atoms with Gasteiger partial charge in [0.2, 0.25) is 0 Å². The number of hydrogen-bond acceptors (Lipinski definition) is 3. The van der Waals surface area contributed by atoms with Crippen molar-refractivity contribution in [2.45, 2.75) is 26.2 Å². The largest absolute Gasteiger partial charge is 0.356 e. The maximum Gasteiger partial charge on any atom is 0.162 e. The van der Waals surface area contributed by atoms with Gasteiger partial charge in [0.05, 0.1) is 5.52 Å². The molecule has 0 bridgehead atoms. The smallest absolute Gasteiger partial charge is 0.162 e. The quantitative estimate of drug-likeness (QED) is 0.693.